The normalized spacial score (nSPS) is 11.2. The second kappa shape index (κ2) is 12.7. The molecule has 0 atom stereocenters. The van der Waals surface area contributed by atoms with Crippen molar-refractivity contribution >= 4 is 39.1 Å². The fraction of sp³-hybridized carbons (Fsp3) is 0. The van der Waals surface area contributed by atoms with Crippen molar-refractivity contribution in [2.75, 3.05) is 4.90 Å². The van der Waals surface area contributed by atoms with Gasteiger partial charge in [0.05, 0.1) is 5.69 Å². The standard InChI is InChI=1S/C47H32N2O/c1-3-10-33(11-4-1)35-17-19-37(20-18-35)38-25-27-40(28-26-38)49(41-29-30-45-43(32-41)47-46(50-45)16-9-31-48-47)44-15-8-7-14-42(44)39-23-21-36(22-24-39)34-12-5-2-6-13-34/h1-32H. The molecule has 0 amide bonds. The lowest BCUT2D eigenvalue weighted by atomic mass is 9.98. The summed E-state index contributed by atoms with van der Waals surface area (Å²) in [5.74, 6) is 0. The van der Waals surface area contributed by atoms with Gasteiger partial charge >= 0.3 is 0 Å². The molecule has 9 rings (SSSR count). The first kappa shape index (κ1) is 29.4. The summed E-state index contributed by atoms with van der Waals surface area (Å²) in [5, 5.41) is 0.989. The van der Waals surface area contributed by atoms with Crippen molar-refractivity contribution in [1.29, 1.82) is 0 Å². The van der Waals surface area contributed by atoms with Gasteiger partial charge in [-0.25, -0.2) is 0 Å². The first-order valence-corrected chi connectivity index (χ1v) is 16.9. The highest BCUT2D eigenvalue weighted by Gasteiger charge is 2.19. The van der Waals surface area contributed by atoms with Crippen LogP contribution in [0.3, 0.4) is 0 Å². The van der Waals surface area contributed by atoms with E-state index >= 15 is 0 Å². The average molecular weight is 641 g/mol. The fourth-order valence-corrected chi connectivity index (χ4v) is 6.83. The minimum atomic E-state index is 0.785. The molecule has 0 radical (unpaired) electrons. The molecule has 0 aliphatic carbocycles. The van der Waals surface area contributed by atoms with E-state index in [0.29, 0.717) is 0 Å². The van der Waals surface area contributed by atoms with E-state index in [1.165, 1.54) is 33.4 Å². The Morgan fingerprint density at radius 3 is 1.50 bits per heavy atom. The molecule has 0 spiro atoms. The van der Waals surface area contributed by atoms with Crippen LogP contribution in [0.15, 0.2) is 199 Å². The number of para-hydroxylation sites is 1. The molecule has 0 aliphatic rings. The van der Waals surface area contributed by atoms with Crippen LogP contribution in [-0.2, 0) is 0 Å². The van der Waals surface area contributed by atoms with Crippen molar-refractivity contribution in [2.45, 2.75) is 0 Å². The van der Waals surface area contributed by atoms with Crippen molar-refractivity contribution in [3.63, 3.8) is 0 Å². The Hall–Kier alpha value is -6.71. The number of nitrogens with zero attached hydrogens (tertiary/aromatic N) is 2. The molecule has 2 aromatic heterocycles. The molecule has 236 valence electrons. The van der Waals surface area contributed by atoms with Gasteiger partial charge in [-0.05, 0) is 87.5 Å². The largest absolute Gasteiger partial charge is 0.454 e. The lowest BCUT2D eigenvalue weighted by Gasteiger charge is -2.28. The van der Waals surface area contributed by atoms with E-state index in [0.717, 1.165) is 50.3 Å². The highest BCUT2D eigenvalue weighted by atomic mass is 16.3. The zero-order valence-corrected chi connectivity index (χ0v) is 27.3. The van der Waals surface area contributed by atoms with Crippen LogP contribution in [-0.4, -0.2) is 4.98 Å². The minimum absolute atomic E-state index is 0.785. The fourth-order valence-electron chi connectivity index (χ4n) is 6.83. The number of benzene rings is 7. The third kappa shape index (κ3) is 5.51. The smallest absolute Gasteiger partial charge is 0.153 e. The molecule has 0 N–H and O–H groups in total. The topological polar surface area (TPSA) is 29.3 Å². The number of rotatable bonds is 7. The molecule has 0 unspecified atom stereocenters. The predicted molar refractivity (Wildman–Crippen MR) is 208 cm³/mol. The Labute approximate surface area is 291 Å². The molecular formula is C47H32N2O. The molecule has 3 nitrogen and oxygen atoms in total. The van der Waals surface area contributed by atoms with Gasteiger partial charge in [0.15, 0.2) is 5.58 Å². The summed E-state index contributed by atoms with van der Waals surface area (Å²) in [6.07, 6.45) is 1.82. The van der Waals surface area contributed by atoms with Crippen LogP contribution in [0, 0.1) is 0 Å². The van der Waals surface area contributed by atoms with Crippen LogP contribution in [0.5, 0.6) is 0 Å². The minimum Gasteiger partial charge on any atom is -0.454 e. The van der Waals surface area contributed by atoms with Gasteiger partial charge in [-0.3, -0.25) is 4.98 Å². The van der Waals surface area contributed by atoms with Crippen molar-refractivity contribution in [2.24, 2.45) is 0 Å². The maximum Gasteiger partial charge on any atom is 0.153 e. The molecule has 0 fully saturated rings. The van der Waals surface area contributed by atoms with Gasteiger partial charge in [0.1, 0.15) is 11.1 Å². The molecule has 7 aromatic carbocycles. The lowest BCUT2D eigenvalue weighted by molar-refractivity contribution is 0.668. The summed E-state index contributed by atoms with van der Waals surface area (Å²) in [6.45, 7) is 0. The predicted octanol–water partition coefficient (Wildman–Crippen LogP) is 13.1. The number of aromatic nitrogens is 1. The maximum atomic E-state index is 6.16. The van der Waals surface area contributed by atoms with E-state index in [4.69, 9.17) is 4.42 Å². The molecule has 9 aromatic rings. The van der Waals surface area contributed by atoms with Crippen molar-refractivity contribution in [3.8, 4) is 44.5 Å². The molecule has 0 saturated carbocycles. The summed E-state index contributed by atoms with van der Waals surface area (Å²) in [5.41, 5.74) is 15.1. The summed E-state index contributed by atoms with van der Waals surface area (Å²) < 4.78 is 6.16. The second-order valence-corrected chi connectivity index (χ2v) is 12.4. The Balaban J connectivity index is 1.14. The Morgan fingerprint density at radius 2 is 0.880 bits per heavy atom. The van der Waals surface area contributed by atoms with E-state index < -0.39 is 0 Å². The number of fused-ring (bicyclic) bond motifs is 3. The van der Waals surface area contributed by atoms with Gasteiger partial charge in [0, 0.05) is 28.5 Å². The Bertz CT molecular complexity index is 2550. The van der Waals surface area contributed by atoms with Gasteiger partial charge in [0.2, 0.25) is 0 Å². The molecule has 0 bridgehead atoms. The lowest BCUT2D eigenvalue weighted by Crippen LogP contribution is -2.11. The second-order valence-electron chi connectivity index (χ2n) is 12.4. The number of hydrogen-bond donors (Lipinski definition) is 0. The molecular weight excluding hydrogens is 609 g/mol. The summed E-state index contributed by atoms with van der Waals surface area (Å²) in [6, 6.07) is 66.4. The Morgan fingerprint density at radius 1 is 0.380 bits per heavy atom. The highest BCUT2D eigenvalue weighted by molar-refractivity contribution is 6.04. The highest BCUT2D eigenvalue weighted by Crippen LogP contribution is 2.43. The molecule has 3 heteroatoms. The maximum absolute atomic E-state index is 6.16. The molecule has 50 heavy (non-hydrogen) atoms. The number of pyridine rings is 1. The van der Waals surface area contributed by atoms with E-state index in [1.807, 2.05) is 18.3 Å². The third-order valence-corrected chi connectivity index (χ3v) is 9.37. The van der Waals surface area contributed by atoms with E-state index in [-0.39, 0.29) is 0 Å². The first-order chi connectivity index (χ1) is 24.8. The van der Waals surface area contributed by atoms with Gasteiger partial charge in [0.25, 0.3) is 0 Å². The van der Waals surface area contributed by atoms with Crippen LogP contribution >= 0.6 is 0 Å². The van der Waals surface area contributed by atoms with Crippen LogP contribution in [0.4, 0.5) is 17.1 Å². The third-order valence-electron chi connectivity index (χ3n) is 9.37. The van der Waals surface area contributed by atoms with Crippen molar-refractivity contribution in [1.82, 2.24) is 4.98 Å². The molecule has 2 heterocycles. The van der Waals surface area contributed by atoms with Crippen molar-refractivity contribution < 1.29 is 4.42 Å². The van der Waals surface area contributed by atoms with Crippen LogP contribution in [0.25, 0.3) is 66.6 Å². The number of hydrogen-bond acceptors (Lipinski definition) is 3. The van der Waals surface area contributed by atoms with Gasteiger partial charge in [-0.1, -0.05) is 140 Å². The Kier molecular flexibility index (Phi) is 7.49. The van der Waals surface area contributed by atoms with Gasteiger partial charge in [-0.15, -0.1) is 0 Å². The van der Waals surface area contributed by atoms with Gasteiger partial charge in [-0.2, -0.15) is 0 Å². The van der Waals surface area contributed by atoms with Crippen LogP contribution in [0.1, 0.15) is 0 Å². The van der Waals surface area contributed by atoms with Crippen molar-refractivity contribution in [3.05, 3.63) is 194 Å². The van der Waals surface area contributed by atoms with Crippen LogP contribution < -0.4 is 4.90 Å². The van der Waals surface area contributed by atoms with Gasteiger partial charge < -0.3 is 9.32 Å². The van der Waals surface area contributed by atoms with E-state index in [1.54, 1.807) is 0 Å². The SMILES string of the molecule is c1ccc(-c2ccc(-c3ccc(N(c4ccc5oc6cccnc6c5c4)c4ccccc4-c4ccc(-c5ccccc5)cc4)cc3)cc2)cc1. The molecule has 0 aliphatic heterocycles. The molecule has 0 saturated heterocycles. The number of furan rings is 1. The van der Waals surface area contributed by atoms with E-state index in [9.17, 15) is 0 Å². The summed E-state index contributed by atoms with van der Waals surface area (Å²) in [7, 11) is 0. The zero-order valence-electron chi connectivity index (χ0n) is 27.3. The summed E-state index contributed by atoms with van der Waals surface area (Å²) >= 11 is 0. The summed E-state index contributed by atoms with van der Waals surface area (Å²) in [4.78, 5) is 7.01. The van der Waals surface area contributed by atoms with E-state index in [2.05, 4.69) is 186 Å². The first-order valence-electron chi connectivity index (χ1n) is 16.9. The zero-order chi connectivity index (χ0) is 33.3. The monoisotopic (exact) mass is 640 g/mol. The number of anilines is 3. The quantitative estimate of drug-likeness (QED) is 0.174. The van der Waals surface area contributed by atoms with Crippen LogP contribution in [0.2, 0.25) is 0 Å². The average Bonchev–Trinajstić information content (AvgIpc) is 3.57.